The van der Waals surface area contributed by atoms with E-state index < -0.39 is 17.6 Å². The summed E-state index contributed by atoms with van der Waals surface area (Å²) in [6.07, 6.45) is 1.27. The number of para-hydroxylation sites is 1. The molecule has 0 spiro atoms. The number of aromatic carboxylic acids is 1. The van der Waals surface area contributed by atoms with Crippen LogP contribution in [0.15, 0.2) is 42.7 Å². The van der Waals surface area contributed by atoms with Crippen LogP contribution in [0.25, 0.3) is 16.7 Å². The third-order valence-electron chi connectivity index (χ3n) is 2.97. The van der Waals surface area contributed by atoms with Crippen LogP contribution in [0.5, 0.6) is 0 Å². The molecule has 3 aromatic rings. The van der Waals surface area contributed by atoms with Gasteiger partial charge in [0.05, 0.1) is 22.3 Å². The quantitative estimate of drug-likeness (QED) is 0.781. The molecule has 0 amide bonds. The lowest BCUT2D eigenvalue weighted by molar-refractivity contribution is 0.0698. The molecular formula is C14H8F2N2O2. The van der Waals surface area contributed by atoms with Gasteiger partial charge in [-0.25, -0.2) is 18.6 Å². The average Bonchev–Trinajstić information content (AvgIpc) is 2.85. The second-order valence-corrected chi connectivity index (χ2v) is 4.19. The Morgan fingerprint density at radius 3 is 2.75 bits per heavy atom. The van der Waals surface area contributed by atoms with E-state index in [1.807, 2.05) is 0 Å². The highest BCUT2D eigenvalue weighted by atomic mass is 19.1. The van der Waals surface area contributed by atoms with Crippen LogP contribution >= 0.6 is 0 Å². The molecule has 0 aliphatic rings. The first-order chi connectivity index (χ1) is 9.58. The van der Waals surface area contributed by atoms with Crippen molar-refractivity contribution in [3.8, 4) is 5.69 Å². The molecule has 100 valence electrons. The lowest BCUT2D eigenvalue weighted by Crippen LogP contribution is -2.03. The normalized spacial score (nSPS) is 10.9. The van der Waals surface area contributed by atoms with Crippen molar-refractivity contribution in [1.29, 1.82) is 0 Å². The largest absolute Gasteiger partial charge is 0.478 e. The number of hydrogen-bond donors (Lipinski definition) is 1. The summed E-state index contributed by atoms with van der Waals surface area (Å²) in [6.45, 7) is 0. The summed E-state index contributed by atoms with van der Waals surface area (Å²) < 4.78 is 28.3. The molecule has 0 atom stereocenters. The first-order valence-electron chi connectivity index (χ1n) is 5.72. The van der Waals surface area contributed by atoms with Gasteiger partial charge in [0.15, 0.2) is 0 Å². The molecule has 0 fully saturated rings. The van der Waals surface area contributed by atoms with Crippen molar-refractivity contribution >= 4 is 17.0 Å². The van der Waals surface area contributed by atoms with Gasteiger partial charge in [-0.2, -0.15) is 0 Å². The maximum Gasteiger partial charge on any atom is 0.337 e. The number of carboxylic acids is 1. The topological polar surface area (TPSA) is 55.1 Å². The van der Waals surface area contributed by atoms with Crippen molar-refractivity contribution in [3.05, 3.63) is 59.9 Å². The molecule has 2 aromatic carbocycles. The Labute approximate surface area is 111 Å². The van der Waals surface area contributed by atoms with Gasteiger partial charge in [0.25, 0.3) is 0 Å². The van der Waals surface area contributed by atoms with Crippen LogP contribution in [0, 0.1) is 11.6 Å². The summed E-state index contributed by atoms with van der Waals surface area (Å²) in [4.78, 5) is 15.3. The molecule has 0 aliphatic carbocycles. The van der Waals surface area contributed by atoms with Crippen LogP contribution in [0.1, 0.15) is 10.4 Å². The molecule has 0 radical (unpaired) electrons. The first kappa shape index (κ1) is 12.3. The van der Waals surface area contributed by atoms with Crippen LogP contribution in [0.4, 0.5) is 8.78 Å². The minimum Gasteiger partial charge on any atom is -0.478 e. The van der Waals surface area contributed by atoms with Crippen LogP contribution in [-0.4, -0.2) is 20.6 Å². The van der Waals surface area contributed by atoms with Gasteiger partial charge in [-0.15, -0.1) is 0 Å². The number of fused-ring (bicyclic) bond motifs is 1. The van der Waals surface area contributed by atoms with Gasteiger partial charge >= 0.3 is 5.97 Å². The van der Waals surface area contributed by atoms with Crippen molar-refractivity contribution in [2.75, 3.05) is 0 Å². The van der Waals surface area contributed by atoms with E-state index in [-0.39, 0.29) is 16.8 Å². The second-order valence-electron chi connectivity index (χ2n) is 4.19. The third kappa shape index (κ3) is 1.82. The molecule has 3 rings (SSSR count). The average molecular weight is 274 g/mol. The van der Waals surface area contributed by atoms with Crippen LogP contribution < -0.4 is 0 Å². The van der Waals surface area contributed by atoms with Crippen LogP contribution in [-0.2, 0) is 0 Å². The van der Waals surface area contributed by atoms with E-state index in [1.54, 1.807) is 12.1 Å². The van der Waals surface area contributed by atoms with E-state index in [0.717, 1.165) is 18.2 Å². The number of carbonyl (C=O) groups is 1. The predicted octanol–water partition coefficient (Wildman–Crippen LogP) is 3.00. The highest BCUT2D eigenvalue weighted by Crippen LogP contribution is 2.24. The molecule has 0 aliphatic heterocycles. The second kappa shape index (κ2) is 4.41. The molecule has 0 unspecified atom stereocenters. The molecule has 0 bridgehead atoms. The van der Waals surface area contributed by atoms with E-state index >= 15 is 0 Å². The van der Waals surface area contributed by atoms with Gasteiger partial charge in [-0.1, -0.05) is 6.07 Å². The fourth-order valence-corrected chi connectivity index (χ4v) is 2.09. The number of halogens is 2. The SMILES string of the molecule is O=C(O)c1cccc2ncn(-c3cc(F)ccc3F)c12. The van der Waals surface area contributed by atoms with Gasteiger partial charge in [-0.3, -0.25) is 4.57 Å². The Bertz CT molecular complexity index is 827. The zero-order valence-corrected chi connectivity index (χ0v) is 10.0. The maximum atomic E-state index is 13.8. The number of aromatic nitrogens is 2. The number of hydrogen-bond acceptors (Lipinski definition) is 2. The summed E-state index contributed by atoms with van der Waals surface area (Å²) >= 11 is 0. The molecular weight excluding hydrogens is 266 g/mol. The number of nitrogens with zero attached hydrogens (tertiary/aromatic N) is 2. The molecule has 6 heteroatoms. The third-order valence-corrected chi connectivity index (χ3v) is 2.97. The zero-order valence-electron chi connectivity index (χ0n) is 10.0. The summed E-state index contributed by atoms with van der Waals surface area (Å²) in [6, 6.07) is 7.52. The maximum absolute atomic E-state index is 13.8. The number of carboxylic acid groups (broad SMARTS) is 1. The van der Waals surface area contributed by atoms with Gasteiger partial charge in [0.1, 0.15) is 18.0 Å². The van der Waals surface area contributed by atoms with Gasteiger partial charge in [0, 0.05) is 6.07 Å². The van der Waals surface area contributed by atoms with Crippen molar-refractivity contribution in [3.63, 3.8) is 0 Å². The number of rotatable bonds is 2. The fraction of sp³-hybridized carbons (Fsp3) is 0. The highest BCUT2D eigenvalue weighted by Gasteiger charge is 2.16. The minimum atomic E-state index is -1.16. The van der Waals surface area contributed by atoms with Crippen LogP contribution in [0.2, 0.25) is 0 Å². The zero-order chi connectivity index (χ0) is 14.3. The standard InChI is InChI=1S/C14H8F2N2O2/c15-8-4-5-10(16)12(6-8)18-7-17-11-3-1-2-9(13(11)18)14(19)20/h1-7H,(H,19,20). The fourth-order valence-electron chi connectivity index (χ4n) is 2.09. The van der Waals surface area contributed by atoms with E-state index in [1.165, 1.54) is 17.0 Å². The van der Waals surface area contributed by atoms with Crippen molar-refractivity contribution in [1.82, 2.24) is 9.55 Å². The monoisotopic (exact) mass is 274 g/mol. The molecule has 0 saturated heterocycles. The van der Waals surface area contributed by atoms with Gasteiger partial charge < -0.3 is 5.11 Å². The Hall–Kier alpha value is -2.76. The smallest absolute Gasteiger partial charge is 0.337 e. The van der Waals surface area contributed by atoms with Crippen molar-refractivity contribution in [2.24, 2.45) is 0 Å². The Morgan fingerprint density at radius 1 is 1.20 bits per heavy atom. The lowest BCUT2D eigenvalue weighted by atomic mass is 10.1. The van der Waals surface area contributed by atoms with E-state index in [0.29, 0.717) is 5.52 Å². The first-order valence-corrected chi connectivity index (χ1v) is 5.72. The number of imidazole rings is 1. The molecule has 1 aromatic heterocycles. The molecule has 1 N–H and O–H groups in total. The summed E-state index contributed by atoms with van der Waals surface area (Å²) in [5, 5.41) is 9.19. The summed E-state index contributed by atoms with van der Waals surface area (Å²) in [5.74, 6) is -2.43. The molecule has 0 saturated carbocycles. The van der Waals surface area contributed by atoms with E-state index in [2.05, 4.69) is 4.98 Å². The van der Waals surface area contributed by atoms with Crippen molar-refractivity contribution in [2.45, 2.75) is 0 Å². The molecule has 20 heavy (non-hydrogen) atoms. The summed E-state index contributed by atoms with van der Waals surface area (Å²) in [7, 11) is 0. The number of benzene rings is 2. The molecule has 4 nitrogen and oxygen atoms in total. The highest BCUT2D eigenvalue weighted by molar-refractivity contribution is 6.01. The van der Waals surface area contributed by atoms with Crippen LogP contribution in [0.3, 0.4) is 0 Å². The van der Waals surface area contributed by atoms with Gasteiger partial charge in [-0.05, 0) is 24.3 Å². The minimum absolute atomic E-state index is 0.0244. The summed E-state index contributed by atoms with van der Waals surface area (Å²) in [5.41, 5.74) is 0.517. The molecule has 1 heterocycles. The predicted molar refractivity (Wildman–Crippen MR) is 67.9 cm³/mol. The van der Waals surface area contributed by atoms with Gasteiger partial charge in [0.2, 0.25) is 0 Å². The van der Waals surface area contributed by atoms with E-state index in [4.69, 9.17) is 0 Å². The Kier molecular flexibility index (Phi) is 2.71. The lowest BCUT2D eigenvalue weighted by Gasteiger charge is -2.07. The Balaban J connectivity index is 2.37. The van der Waals surface area contributed by atoms with E-state index in [9.17, 15) is 18.7 Å². The Morgan fingerprint density at radius 2 is 2.00 bits per heavy atom. The van der Waals surface area contributed by atoms with Crippen molar-refractivity contribution < 1.29 is 18.7 Å².